The molecule has 1 heterocycles. The molecule has 3 heteroatoms. The molecule has 0 radical (unpaired) electrons. The Hall–Kier alpha value is -1.77. The summed E-state index contributed by atoms with van der Waals surface area (Å²) >= 11 is 0. The molecule has 0 spiro atoms. The molecule has 0 saturated carbocycles. The van der Waals surface area contributed by atoms with Crippen LogP contribution >= 0.6 is 0 Å². The first-order valence-corrected chi connectivity index (χ1v) is 6.23. The predicted molar refractivity (Wildman–Crippen MR) is 72.2 cm³/mol. The third-order valence-corrected chi connectivity index (χ3v) is 2.83. The zero-order chi connectivity index (χ0) is 12.1. The molecule has 0 saturated heterocycles. The van der Waals surface area contributed by atoms with Gasteiger partial charge in [-0.15, -0.1) is 0 Å². The molecule has 17 heavy (non-hydrogen) atoms. The summed E-state index contributed by atoms with van der Waals surface area (Å²) in [4.78, 5) is 0. The number of anilines is 1. The van der Waals surface area contributed by atoms with Gasteiger partial charge in [-0.25, -0.2) is 0 Å². The van der Waals surface area contributed by atoms with Gasteiger partial charge in [-0.2, -0.15) is 5.10 Å². The molecule has 0 aliphatic rings. The molecule has 0 bridgehead atoms. The van der Waals surface area contributed by atoms with Crippen molar-refractivity contribution in [1.82, 2.24) is 10.2 Å². The minimum absolute atomic E-state index is 0.964. The summed E-state index contributed by atoms with van der Waals surface area (Å²) in [6.07, 6.45) is 2.09. The Bertz CT molecular complexity index is 460. The summed E-state index contributed by atoms with van der Waals surface area (Å²) in [5, 5.41) is 10.9. The van der Waals surface area contributed by atoms with Crippen molar-refractivity contribution in [2.24, 2.45) is 0 Å². The lowest BCUT2D eigenvalue weighted by Gasteiger charge is -2.04. The average Bonchev–Trinajstić information content (AvgIpc) is 2.80. The van der Waals surface area contributed by atoms with E-state index in [4.69, 9.17) is 0 Å². The van der Waals surface area contributed by atoms with E-state index in [1.165, 1.54) is 11.1 Å². The smallest absolute Gasteiger partial charge is 0.151 e. The van der Waals surface area contributed by atoms with E-state index in [0.717, 1.165) is 30.9 Å². The topological polar surface area (TPSA) is 40.7 Å². The maximum atomic E-state index is 4.36. The van der Waals surface area contributed by atoms with Gasteiger partial charge in [-0.3, -0.25) is 5.10 Å². The molecule has 0 aliphatic heterocycles. The fourth-order valence-corrected chi connectivity index (χ4v) is 1.94. The quantitative estimate of drug-likeness (QED) is 0.824. The summed E-state index contributed by atoms with van der Waals surface area (Å²) in [5.41, 5.74) is 3.60. The van der Waals surface area contributed by atoms with Gasteiger partial charge in [0.1, 0.15) is 0 Å². The van der Waals surface area contributed by atoms with Crippen molar-refractivity contribution in [3.8, 4) is 11.3 Å². The van der Waals surface area contributed by atoms with Crippen LogP contribution in [0.1, 0.15) is 25.8 Å². The maximum absolute atomic E-state index is 4.36. The van der Waals surface area contributed by atoms with Gasteiger partial charge < -0.3 is 5.32 Å². The molecule has 3 nitrogen and oxygen atoms in total. The number of H-pyrrole nitrogens is 1. The number of nitrogens with zero attached hydrogens (tertiary/aromatic N) is 1. The van der Waals surface area contributed by atoms with Gasteiger partial charge in [0.25, 0.3) is 0 Å². The van der Waals surface area contributed by atoms with E-state index in [9.17, 15) is 0 Å². The Morgan fingerprint density at radius 3 is 2.59 bits per heavy atom. The third-order valence-electron chi connectivity index (χ3n) is 2.83. The second-order valence-corrected chi connectivity index (χ2v) is 4.07. The molecule has 0 unspecified atom stereocenters. The lowest BCUT2D eigenvalue weighted by atomic mass is 10.1. The SMILES string of the molecule is CCCNc1n[nH]c(-c2ccccc2)c1CC. The summed E-state index contributed by atoms with van der Waals surface area (Å²) in [6, 6.07) is 10.3. The highest BCUT2D eigenvalue weighted by atomic mass is 15.2. The number of rotatable bonds is 5. The Kier molecular flexibility index (Phi) is 3.81. The normalized spacial score (nSPS) is 10.5. The summed E-state index contributed by atoms with van der Waals surface area (Å²) in [5.74, 6) is 0.994. The first-order valence-electron chi connectivity index (χ1n) is 6.23. The fraction of sp³-hybridized carbons (Fsp3) is 0.357. The van der Waals surface area contributed by atoms with Crippen molar-refractivity contribution in [1.29, 1.82) is 0 Å². The second kappa shape index (κ2) is 5.53. The number of benzene rings is 1. The first kappa shape index (κ1) is 11.7. The van der Waals surface area contributed by atoms with E-state index in [2.05, 4.69) is 53.6 Å². The molecule has 90 valence electrons. The van der Waals surface area contributed by atoms with Gasteiger partial charge in [0.05, 0.1) is 5.69 Å². The van der Waals surface area contributed by atoms with Crippen LogP contribution in [0, 0.1) is 0 Å². The Balaban J connectivity index is 2.32. The third kappa shape index (κ3) is 2.49. The molecule has 1 aromatic carbocycles. The lowest BCUT2D eigenvalue weighted by Crippen LogP contribution is -2.02. The maximum Gasteiger partial charge on any atom is 0.151 e. The van der Waals surface area contributed by atoms with E-state index < -0.39 is 0 Å². The van der Waals surface area contributed by atoms with Crippen LogP contribution in [-0.2, 0) is 6.42 Å². The van der Waals surface area contributed by atoms with Gasteiger partial charge in [0, 0.05) is 12.1 Å². The summed E-state index contributed by atoms with van der Waals surface area (Å²) in [6.45, 7) is 5.28. The Morgan fingerprint density at radius 2 is 1.94 bits per heavy atom. The molecule has 0 fully saturated rings. The highest BCUT2D eigenvalue weighted by molar-refractivity contribution is 5.68. The van der Waals surface area contributed by atoms with Crippen LogP contribution < -0.4 is 5.32 Å². The second-order valence-electron chi connectivity index (χ2n) is 4.07. The number of aromatic nitrogens is 2. The van der Waals surface area contributed by atoms with Crippen LogP contribution in [0.4, 0.5) is 5.82 Å². The van der Waals surface area contributed by atoms with Crippen molar-refractivity contribution in [2.45, 2.75) is 26.7 Å². The van der Waals surface area contributed by atoms with Gasteiger partial charge in [-0.05, 0) is 18.4 Å². The number of nitrogens with one attached hydrogen (secondary N) is 2. The zero-order valence-electron chi connectivity index (χ0n) is 10.5. The fourth-order valence-electron chi connectivity index (χ4n) is 1.94. The van der Waals surface area contributed by atoms with Crippen LogP contribution in [0.15, 0.2) is 30.3 Å². The van der Waals surface area contributed by atoms with Crippen LogP contribution in [0.25, 0.3) is 11.3 Å². The summed E-state index contributed by atoms with van der Waals surface area (Å²) < 4.78 is 0. The van der Waals surface area contributed by atoms with Gasteiger partial charge in [-0.1, -0.05) is 44.2 Å². The number of hydrogen-bond donors (Lipinski definition) is 2. The summed E-state index contributed by atoms with van der Waals surface area (Å²) in [7, 11) is 0. The Labute approximate surface area is 102 Å². The van der Waals surface area contributed by atoms with E-state index in [0.29, 0.717) is 0 Å². The minimum atomic E-state index is 0.964. The van der Waals surface area contributed by atoms with E-state index >= 15 is 0 Å². The standard InChI is InChI=1S/C14H19N3/c1-3-10-15-14-12(4-2)13(16-17-14)11-8-6-5-7-9-11/h5-9H,3-4,10H2,1-2H3,(H2,15,16,17). The monoisotopic (exact) mass is 229 g/mol. The molecule has 2 aromatic rings. The van der Waals surface area contributed by atoms with E-state index in [-0.39, 0.29) is 0 Å². The number of aromatic amines is 1. The largest absolute Gasteiger partial charge is 0.368 e. The van der Waals surface area contributed by atoms with Crippen LogP contribution in [0.3, 0.4) is 0 Å². The molecule has 0 aliphatic carbocycles. The minimum Gasteiger partial charge on any atom is -0.368 e. The predicted octanol–water partition coefficient (Wildman–Crippen LogP) is 3.46. The zero-order valence-corrected chi connectivity index (χ0v) is 10.5. The van der Waals surface area contributed by atoms with Crippen molar-refractivity contribution < 1.29 is 0 Å². The molecule has 0 atom stereocenters. The molecular weight excluding hydrogens is 210 g/mol. The van der Waals surface area contributed by atoms with E-state index in [1.54, 1.807) is 0 Å². The van der Waals surface area contributed by atoms with Gasteiger partial charge >= 0.3 is 0 Å². The van der Waals surface area contributed by atoms with Crippen molar-refractivity contribution in [3.05, 3.63) is 35.9 Å². The van der Waals surface area contributed by atoms with Gasteiger partial charge in [0.15, 0.2) is 5.82 Å². The molecule has 2 N–H and O–H groups in total. The number of hydrogen-bond acceptors (Lipinski definition) is 2. The van der Waals surface area contributed by atoms with Gasteiger partial charge in [0.2, 0.25) is 0 Å². The Morgan fingerprint density at radius 1 is 1.18 bits per heavy atom. The van der Waals surface area contributed by atoms with Crippen LogP contribution in [-0.4, -0.2) is 16.7 Å². The van der Waals surface area contributed by atoms with Crippen molar-refractivity contribution >= 4 is 5.82 Å². The molecule has 1 aromatic heterocycles. The van der Waals surface area contributed by atoms with Crippen LogP contribution in [0.5, 0.6) is 0 Å². The molecular formula is C14H19N3. The van der Waals surface area contributed by atoms with Crippen molar-refractivity contribution in [2.75, 3.05) is 11.9 Å². The van der Waals surface area contributed by atoms with E-state index in [1.807, 2.05) is 6.07 Å². The van der Waals surface area contributed by atoms with Crippen molar-refractivity contribution in [3.63, 3.8) is 0 Å². The highest BCUT2D eigenvalue weighted by Crippen LogP contribution is 2.26. The van der Waals surface area contributed by atoms with Crippen LogP contribution in [0.2, 0.25) is 0 Å². The highest BCUT2D eigenvalue weighted by Gasteiger charge is 2.11. The molecule has 2 rings (SSSR count). The average molecular weight is 229 g/mol. The lowest BCUT2D eigenvalue weighted by molar-refractivity contribution is 0.956. The first-order chi connectivity index (χ1) is 8.36. The molecule has 0 amide bonds.